The largest absolute Gasteiger partial charge is 0.329 e. The van der Waals surface area contributed by atoms with Gasteiger partial charge in [0.2, 0.25) is 0 Å². The average Bonchev–Trinajstić information content (AvgIpc) is 3.09. The van der Waals surface area contributed by atoms with Crippen LogP contribution in [0.4, 0.5) is 15.9 Å². The summed E-state index contributed by atoms with van der Waals surface area (Å²) in [7, 11) is 1.92. The minimum Gasteiger partial charge on any atom is -0.329 e. The minimum absolute atomic E-state index is 0.487. The molecule has 0 spiro atoms. The molecule has 23 heavy (non-hydrogen) atoms. The van der Waals surface area contributed by atoms with Crippen molar-refractivity contribution in [1.82, 2.24) is 19.6 Å². The Bertz CT molecular complexity index is 995. The highest BCUT2D eigenvalue weighted by molar-refractivity contribution is 5.93. The van der Waals surface area contributed by atoms with E-state index in [1.54, 1.807) is 12.4 Å². The van der Waals surface area contributed by atoms with Crippen LogP contribution in [0.2, 0.25) is 0 Å². The Balaban J connectivity index is 1.95. The van der Waals surface area contributed by atoms with Crippen LogP contribution in [0.15, 0.2) is 54.9 Å². The summed E-state index contributed by atoms with van der Waals surface area (Å²) < 4.78 is 14.8. The van der Waals surface area contributed by atoms with Crippen molar-refractivity contribution in [2.75, 3.05) is 11.9 Å². The second-order valence-corrected chi connectivity index (χ2v) is 5.32. The summed E-state index contributed by atoms with van der Waals surface area (Å²) in [5.74, 6) is 1.30. The quantitative estimate of drug-likeness (QED) is 0.581. The molecular formula is C17H14FN5. The minimum atomic E-state index is -0.487. The molecule has 0 atom stereocenters. The summed E-state index contributed by atoms with van der Waals surface area (Å²) in [6, 6.07) is 15.3. The molecule has 0 aliphatic carbocycles. The van der Waals surface area contributed by atoms with E-state index in [9.17, 15) is 4.39 Å². The molecule has 6 heteroatoms. The number of para-hydroxylation sites is 1. The van der Waals surface area contributed by atoms with Crippen molar-refractivity contribution in [1.29, 1.82) is 0 Å². The van der Waals surface area contributed by atoms with E-state index in [-0.39, 0.29) is 0 Å². The third-order valence-electron chi connectivity index (χ3n) is 3.91. The van der Waals surface area contributed by atoms with Crippen LogP contribution in [0.25, 0.3) is 16.7 Å². The van der Waals surface area contributed by atoms with Gasteiger partial charge in [0.25, 0.3) is 5.78 Å². The van der Waals surface area contributed by atoms with Gasteiger partial charge in [-0.1, -0.05) is 24.3 Å². The predicted octanol–water partition coefficient (Wildman–Crippen LogP) is 3.51. The number of hydrogen-bond donors (Lipinski definition) is 0. The van der Waals surface area contributed by atoms with Crippen LogP contribution in [-0.4, -0.2) is 26.6 Å². The van der Waals surface area contributed by atoms with Crippen LogP contribution in [0, 0.1) is 0 Å². The molecule has 114 valence electrons. The smallest absolute Gasteiger partial charge is 0.257 e. The number of nitrogens with zero attached hydrogens (tertiary/aromatic N) is 5. The van der Waals surface area contributed by atoms with Crippen molar-refractivity contribution >= 4 is 28.2 Å². The molecule has 0 aliphatic rings. The van der Waals surface area contributed by atoms with Crippen molar-refractivity contribution in [3.63, 3.8) is 0 Å². The van der Waals surface area contributed by atoms with Gasteiger partial charge in [-0.25, -0.2) is 4.39 Å². The fourth-order valence-corrected chi connectivity index (χ4v) is 2.73. The Hall–Kier alpha value is -3.02. The van der Waals surface area contributed by atoms with Crippen LogP contribution in [-0.2, 0) is 6.67 Å². The molecule has 2 aromatic carbocycles. The number of fused-ring (bicyclic) bond motifs is 3. The van der Waals surface area contributed by atoms with Gasteiger partial charge in [0.15, 0.2) is 0 Å². The summed E-state index contributed by atoms with van der Waals surface area (Å²) in [4.78, 5) is 6.56. The lowest BCUT2D eigenvalue weighted by atomic mass is 10.2. The lowest BCUT2D eigenvalue weighted by molar-refractivity contribution is 0.485. The van der Waals surface area contributed by atoms with Gasteiger partial charge in [-0.15, -0.1) is 10.2 Å². The summed E-state index contributed by atoms with van der Waals surface area (Å²) in [6.07, 6.45) is 1.65. The van der Waals surface area contributed by atoms with E-state index in [0.29, 0.717) is 11.3 Å². The van der Waals surface area contributed by atoms with E-state index < -0.39 is 6.67 Å². The molecule has 0 amide bonds. The number of aromatic nitrogens is 4. The van der Waals surface area contributed by atoms with Crippen molar-refractivity contribution in [3.05, 3.63) is 60.4 Å². The summed E-state index contributed by atoms with van der Waals surface area (Å²) in [5.41, 5.74) is 2.50. The fourth-order valence-electron chi connectivity index (χ4n) is 2.73. The van der Waals surface area contributed by atoms with Crippen LogP contribution in [0.5, 0.6) is 0 Å². The lowest BCUT2D eigenvalue weighted by Crippen LogP contribution is -2.13. The SMILES string of the molecule is CN(c1cccc(CF)c1)c1nc2nncn2c2ccccc12. The third-order valence-corrected chi connectivity index (χ3v) is 3.91. The van der Waals surface area contributed by atoms with E-state index in [1.165, 1.54) is 0 Å². The van der Waals surface area contributed by atoms with E-state index in [2.05, 4.69) is 15.2 Å². The van der Waals surface area contributed by atoms with Crippen LogP contribution in [0.3, 0.4) is 0 Å². The molecule has 4 aromatic rings. The lowest BCUT2D eigenvalue weighted by Gasteiger charge is -2.21. The third kappa shape index (κ3) is 2.19. The van der Waals surface area contributed by atoms with Gasteiger partial charge >= 0.3 is 0 Å². The summed E-state index contributed by atoms with van der Waals surface area (Å²) in [6.45, 7) is -0.487. The molecule has 5 nitrogen and oxygen atoms in total. The van der Waals surface area contributed by atoms with Gasteiger partial charge in [-0.2, -0.15) is 4.98 Å². The normalized spacial score (nSPS) is 11.2. The molecule has 2 aromatic heterocycles. The Morgan fingerprint density at radius 2 is 2.00 bits per heavy atom. The molecule has 0 fully saturated rings. The van der Waals surface area contributed by atoms with E-state index >= 15 is 0 Å². The second kappa shape index (κ2) is 5.31. The highest BCUT2D eigenvalue weighted by Crippen LogP contribution is 2.30. The van der Waals surface area contributed by atoms with E-state index in [0.717, 1.165) is 22.4 Å². The number of benzene rings is 2. The van der Waals surface area contributed by atoms with Crippen molar-refractivity contribution in [2.45, 2.75) is 6.67 Å². The van der Waals surface area contributed by atoms with Gasteiger partial charge in [0, 0.05) is 18.1 Å². The molecule has 0 bridgehead atoms. The van der Waals surface area contributed by atoms with Gasteiger partial charge < -0.3 is 4.90 Å². The van der Waals surface area contributed by atoms with E-state index in [4.69, 9.17) is 0 Å². The highest BCUT2D eigenvalue weighted by atomic mass is 19.1. The van der Waals surface area contributed by atoms with Crippen molar-refractivity contribution < 1.29 is 4.39 Å². The molecular weight excluding hydrogens is 293 g/mol. The summed E-state index contributed by atoms with van der Waals surface area (Å²) >= 11 is 0. The topological polar surface area (TPSA) is 46.3 Å². The molecule has 0 saturated carbocycles. The second-order valence-electron chi connectivity index (χ2n) is 5.32. The molecule has 0 saturated heterocycles. The first kappa shape index (κ1) is 13.6. The number of hydrogen-bond acceptors (Lipinski definition) is 4. The van der Waals surface area contributed by atoms with Gasteiger partial charge in [-0.05, 0) is 29.8 Å². The number of rotatable bonds is 3. The molecule has 0 unspecified atom stereocenters. The first-order valence-electron chi connectivity index (χ1n) is 7.25. The molecule has 0 aliphatic heterocycles. The molecule has 0 radical (unpaired) electrons. The maximum atomic E-state index is 12.9. The maximum Gasteiger partial charge on any atom is 0.257 e. The van der Waals surface area contributed by atoms with Crippen LogP contribution >= 0.6 is 0 Å². The summed E-state index contributed by atoms with van der Waals surface area (Å²) in [5, 5.41) is 8.97. The highest BCUT2D eigenvalue weighted by Gasteiger charge is 2.14. The Labute approximate surface area is 132 Å². The molecule has 0 N–H and O–H groups in total. The number of alkyl halides is 1. The molecule has 4 rings (SSSR count). The Morgan fingerprint density at radius 1 is 1.13 bits per heavy atom. The zero-order chi connectivity index (χ0) is 15.8. The fraction of sp³-hybridized carbons (Fsp3) is 0.118. The van der Waals surface area contributed by atoms with Crippen molar-refractivity contribution in [3.8, 4) is 0 Å². The van der Waals surface area contributed by atoms with Crippen LogP contribution < -0.4 is 4.90 Å². The maximum absolute atomic E-state index is 12.9. The zero-order valence-electron chi connectivity index (χ0n) is 12.5. The predicted molar refractivity (Wildman–Crippen MR) is 87.6 cm³/mol. The first-order chi connectivity index (χ1) is 11.3. The zero-order valence-corrected chi connectivity index (χ0v) is 12.5. The van der Waals surface area contributed by atoms with Crippen LogP contribution in [0.1, 0.15) is 5.56 Å². The Morgan fingerprint density at radius 3 is 2.87 bits per heavy atom. The number of halogens is 1. The van der Waals surface area contributed by atoms with Crippen molar-refractivity contribution in [2.24, 2.45) is 0 Å². The number of anilines is 2. The van der Waals surface area contributed by atoms with Gasteiger partial charge in [0.1, 0.15) is 18.8 Å². The Kier molecular flexibility index (Phi) is 3.15. The van der Waals surface area contributed by atoms with E-state index in [1.807, 2.05) is 58.8 Å². The standard InChI is InChI=1S/C17H14FN5/c1-22(13-6-4-5-12(9-13)10-18)16-14-7-2-3-8-15(14)23-11-19-21-17(23)20-16/h2-9,11H,10H2,1H3. The monoisotopic (exact) mass is 307 g/mol. The molecule has 2 heterocycles. The average molecular weight is 307 g/mol. The first-order valence-corrected chi connectivity index (χ1v) is 7.25. The van der Waals surface area contributed by atoms with Gasteiger partial charge in [-0.3, -0.25) is 4.40 Å². The van der Waals surface area contributed by atoms with Gasteiger partial charge in [0.05, 0.1) is 5.52 Å².